The second-order valence-electron chi connectivity index (χ2n) is 7.97. The highest BCUT2D eigenvalue weighted by Crippen LogP contribution is 2.32. The predicted octanol–water partition coefficient (Wildman–Crippen LogP) is 2.67. The van der Waals surface area contributed by atoms with E-state index in [0.717, 1.165) is 6.26 Å². The lowest BCUT2D eigenvalue weighted by Gasteiger charge is -2.33. The second kappa shape index (κ2) is 10.5. The van der Waals surface area contributed by atoms with Crippen LogP contribution in [0.15, 0.2) is 18.2 Å². The normalized spacial score (nSPS) is 20.8. The Morgan fingerprint density at radius 2 is 2.06 bits per heavy atom. The lowest BCUT2D eigenvalue weighted by atomic mass is 9.94. The highest BCUT2D eigenvalue weighted by atomic mass is 32.2. The summed E-state index contributed by atoms with van der Waals surface area (Å²) >= 11 is 0. The average Bonchev–Trinajstić information content (AvgIpc) is 3.09. The molecule has 2 heterocycles. The van der Waals surface area contributed by atoms with Gasteiger partial charge in [0, 0.05) is 26.0 Å². The number of anilines is 2. The number of piperidine rings is 1. The number of hydrogen-bond donors (Lipinski definition) is 0. The molecule has 3 rings (SSSR count). The van der Waals surface area contributed by atoms with Gasteiger partial charge < -0.3 is 14.4 Å². The third-order valence-corrected chi connectivity index (χ3v) is 6.52. The molecule has 0 saturated carbocycles. The number of rotatable bonds is 9. The zero-order valence-electron chi connectivity index (χ0n) is 18.2. The summed E-state index contributed by atoms with van der Waals surface area (Å²) in [7, 11) is -3.30. The molecule has 9 nitrogen and oxygen atoms in total. The summed E-state index contributed by atoms with van der Waals surface area (Å²) in [4.78, 5) is 18.8. The molecule has 0 aliphatic carbocycles. The average molecular weight is 470 g/mol. The van der Waals surface area contributed by atoms with Crippen molar-refractivity contribution in [2.24, 2.45) is 5.92 Å². The van der Waals surface area contributed by atoms with Gasteiger partial charge in [0.25, 0.3) is 0 Å². The Morgan fingerprint density at radius 1 is 1.34 bits per heavy atom. The van der Waals surface area contributed by atoms with Crippen LogP contribution in [0.1, 0.15) is 19.8 Å². The van der Waals surface area contributed by atoms with E-state index in [4.69, 9.17) is 20.8 Å². The van der Waals surface area contributed by atoms with Gasteiger partial charge in [-0.2, -0.15) is 0 Å². The quantitative estimate of drug-likeness (QED) is 0.312. The Morgan fingerprint density at radius 3 is 2.66 bits per heavy atom. The molecule has 32 heavy (non-hydrogen) atoms. The van der Waals surface area contributed by atoms with Crippen molar-refractivity contribution in [1.29, 1.82) is 0 Å². The fourth-order valence-electron chi connectivity index (χ4n) is 3.98. The Kier molecular flexibility index (Phi) is 7.92. The summed E-state index contributed by atoms with van der Waals surface area (Å²) in [6.07, 6.45) is 0.408. The molecule has 2 aliphatic rings. The summed E-state index contributed by atoms with van der Waals surface area (Å²) in [5.41, 5.74) is 0.738. The van der Waals surface area contributed by atoms with Crippen LogP contribution in [0, 0.1) is 18.3 Å². The molecule has 0 radical (unpaired) electrons. The number of carbonyl (C=O) groups excluding carboxylic acids is 1. The van der Waals surface area contributed by atoms with Gasteiger partial charge in [-0.05, 0) is 38.0 Å². The van der Waals surface area contributed by atoms with Crippen LogP contribution in [0.3, 0.4) is 0 Å². The van der Waals surface area contributed by atoms with E-state index in [1.165, 1.54) is 11.0 Å². The number of amides is 1. The van der Waals surface area contributed by atoms with Crippen LogP contribution in [-0.4, -0.2) is 71.9 Å². The molecule has 0 aromatic heterocycles. The third-order valence-electron chi connectivity index (χ3n) is 5.54. The van der Waals surface area contributed by atoms with Crippen LogP contribution in [0.25, 0.3) is 4.85 Å². The molecule has 2 atom stereocenters. The zero-order chi connectivity index (χ0) is 23.3. The van der Waals surface area contributed by atoms with Crippen LogP contribution in [0.5, 0.6) is 0 Å². The Balaban J connectivity index is 1.60. The lowest BCUT2D eigenvalue weighted by Crippen LogP contribution is -2.38. The third kappa shape index (κ3) is 6.09. The maximum absolute atomic E-state index is 14.9. The topological polar surface area (TPSA) is 89.7 Å². The Labute approximate surface area is 187 Å². The first-order chi connectivity index (χ1) is 15.2. The molecule has 0 spiro atoms. The predicted molar refractivity (Wildman–Crippen MR) is 117 cm³/mol. The largest absolute Gasteiger partial charge is 0.443 e. The lowest BCUT2D eigenvalue weighted by molar-refractivity contribution is -0.0903. The molecular formula is C21H28FN3O6S. The van der Waals surface area contributed by atoms with Crippen LogP contribution in [0.4, 0.5) is 20.6 Å². The van der Waals surface area contributed by atoms with E-state index in [1.54, 1.807) is 12.1 Å². The number of halogens is 1. The first kappa shape index (κ1) is 24.2. The molecule has 2 saturated heterocycles. The summed E-state index contributed by atoms with van der Waals surface area (Å²) in [6, 6.07) is 4.50. The van der Waals surface area contributed by atoms with Crippen molar-refractivity contribution in [3.05, 3.63) is 35.4 Å². The molecular weight excluding hydrogens is 441 g/mol. The second-order valence-corrected chi connectivity index (χ2v) is 10.2. The number of ether oxygens (including phenoxy) is 3. The van der Waals surface area contributed by atoms with Crippen molar-refractivity contribution in [1.82, 2.24) is 0 Å². The fraction of sp³-hybridized carbons (Fsp3) is 0.619. The fourth-order valence-corrected chi connectivity index (χ4v) is 4.83. The minimum atomic E-state index is -3.30. The number of nitrogens with zero attached hydrogens (tertiary/aromatic N) is 3. The number of sulfone groups is 1. The molecule has 0 N–H and O–H groups in total. The number of cyclic esters (lactones) is 1. The van der Waals surface area contributed by atoms with Crippen molar-refractivity contribution in [3.63, 3.8) is 0 Å². The van der Waals surface area contributed by atoms with E-state index in [1.807, 2.05) is 11.8 Å². The monoisotopic (exact) mass is 469 g/mol. The molecule has 1 unspecified atom stereocenters. The van der Waals surface area contributed by atoms with Crippen molar-refractivity contribution in [2.75, 3.05) is 54.8 Å². The van der Waals surface area contributed by atoms with Gasteiger partial charge in [-0.1, -0.05) is 0 Å². The van der Waals surface area contributed by atoms with Crippen molar-refractivity contribution < 1.29 is 31.8 Å². The van der Waals surface area contributed by atoms with Crippen molar-refractivity contribution >= 4 is 27.3 Å². The molecule has 176 valence electrons. The summed E-state index contributed by atoms with van der Waals surface area (Å²) in [5, 5.41) is 0. The smallest absolute Gasteiger partial charge is 0.414 e. The number of hydrogen-bond acceptors (Lipinski definition) is 7. The highest BCUT2D eigenvalue weighted by Gasteiger charge is 2.35. The first-order valence-corrected chi connectivity index (χ1v) is 12.5. The molecule has 2 fully saturated rings. The van der Waals surface area contributed by atoms with Crippen LogP contribution < -0.4 is 9.80 Å². The van der Waals surface area contributed by atoms with E-state index in [2.05, 4.69) is 4.85 Å². The van der Waals surface area contributed by atoms with Gasteiger partial charge in [-0.15, -0.1) is 0 Å². The van der Waals surface area contributed by atoms with Gasteiger partial charge >= 0.3 is 12.3 Å². The van der Waals surface area contributed by atoms with E-state index >= 15 is 0 Å². The maximum atomic E-state index is 14.9. The molecule has 11 heteroatoms. The Bertz CT molecular complexity index is 959. The van der Waals surface area contributed by atoms with Crippen LogP contribution >= 0.6 is 0 Å². The highest BCUT2D eigenvalue weighted by molar-refractivity contribution is 7.90. The van der Waals surface area contributed by atoms with Gasteiger partial charge in [-0.3, -0.25) is 14.5 Å². The summed E-state index contributed by atoms with van der Waals surface area (Å²) in [6.45, 7) is 11.0. The number of carbonyl (C=O) groups is 1. The molecule has 2 aliphatic heterocycles. The van der Waals surface area contributed by atoms with Gasteiger partial charge in [0.05, 0.1) is 29.6 Å². The number of benzene rings is 1. The molecule has 1 amide bonds. The Hall–Kier alpha value is -2.42. The SMILES string of the molecule is [C-]#[N+]C(OCOCC)C1CCN(c2ccc(N3C[C@H](CS(C)(=O)=O)OC3=O)cc2F)CC1. The molecule has 1 aromatic rings. The van der Waals surface area contributed by atoms with Crippen LogP contribution in [0.2, 0.25) is 0 Å². The van der Waals surface area contributed by atoms with E-state index < -0.39 is 34.1 Å². The van der Waals surface area contributed by atoms with E-state index in [-0.39, 0.29) is 25.0 Å². The standard InChI is InChI=1S/C21H28FN3O6S/c1-4-29-14-30-20(23-2)15-7-9-24(10-8-15)19-6-5-16(11-18(19)22)25-12-17(31-21(25)26)13-32(3,27)28/h5-6,11,15,17,20H,4,7-10,12-14H2,1,3H3/t17-,20?/m1/s1. The minimum absolute atomic E-state index is 0.0514. The minimum Gasteiger partial charge on any atom is -0.443 e. The van der Waals surface area contributed by atoms with Gasteiger partial charge in [0.15, 0.2) is 16.6 Å². The van der Waals surface area contributed by atoms with Crippen molar-refractivity contribution in [3.8, 4) is 0 Å². The van der Waals surface area contributed by atoms with Crippen LogP contribution in [-0.2, 0) is 24.0 Å². The summed E-state index contributed by atoms with van der Waals surface area (Å²) < 4.78 is 53.6. The van der Waals surface area contributed by atoms with Gasteiger partial charge in [-0.25, -0.2) is 24.2 Å². The van der Waals surface area contributed by atoms with Crippen molar-refractivity contribution in [2.45, 2.75) is 32.1 Å². The first-order valence-electron chi connectivity index (χ1n) is 10.5. The van der Waals surface area contributed by atoms with Gasteiger partial charge in [0.2, 0.25) is 0 Å². The molecule has 1 aromatic carbocycles. The van der Waals surface area contributed by atoms with E-state index in [0.29, 0.717) is 43.9 Å². The maximum Gasteiger partial charge on any atom is 0.414 e. The molecule has 0 bridgehead atoms. The zero-order valence-corrected chi connectivity index (χ0v) is 19.0. The van der Waals surface area contributed by atoms with Gasteiger partial charge in [0.1, 0.15) is 11.9 Å². The summed E-state index contributed by atoms with van der Waals surface area (Å²) in [5.74, 6) is -0.697. The van der Waals surface area contributed by atoms with E-state index in [9.17, 15) is 17.6 Å².